The molecule has 0 aliphatic carbocycles. The minimum atomic E-state index is 0.231. The highest BCUT2D eigenvalue weighted by atomic mass is 127. The van der Waals surface area contributed by atoms with Gasteiger partial charge in [-0.25, -0.2) is 0 Å². The number of azo groups is 1. The molecule has 0 fully saturated rings. The molecule has 0 heterocycles. The number of aromatic hydroxyl groups is 1. The van der Waals surface area contributed by atoms with Crippen molar-refractivity contribution in [2.24, 2.45) is 15.2 Å². The highest BCUT2D eigenvalue weighted by molar-refractivity contribution is 14.1. The minimum absolute atomic E-state index is 0.231. The number of phenolic OH excluding ortho intramolecular Hbond substituents is 1. The van der Waals surface area contributed by atoms with Crippen molar-refractivity contribution in [3.63, 3.8) is 0 Å². The summed E-state index contributed by atoms with van der Waals surface area (Å²) in [4.78, 5) is 4.54. The van der Waals surface area contributed by atoms with E-state index in [2.05, 4.69) is 60.4 Å². The van der Waals surface area contributed by atoms with Crippen molar-refractivity contribution in [1.29, 1.82) is 0 Å². The van der Waals surface area contributed by atoms with Crippen molar-refractivity contribution >= 4 is 68.5 Å². The monoisotopic (exact) mass is 581 g/mol. The normalized spacial score (nSPS) is 11.6. The van der Waals surface area contributed by atoms with Gasteiger partial charge in [0.05, 0.1) is 14.9 Å². The first-order valence-electron chi connectivity index (χ1n) is 8.23. The molecule has 0 bridgehead atoms. The van der Waals surface area contributed by atoms with Gasteiger partial charge in [-0.2, -0.15) is 5.11 Å². The van der Waals surface area contributed by atoms with Crippen molar-refractivity contribution in [2.45, 2.75) is 13.8 Å². The van der Waals surface area contributed by atoms with Gasteiger partial charge in [-0.15, -0.1) is 5.11 Å². The van der Waals surface area contributed by atoms with Gasteiger partial charge in [0.25, 0.3) is 0 Å². The number of rotatable bonds is 4. The molecular formula is C21H17I2N3O. The molecule has 6 heteroatoms. The number of nitrogens with zero attached hydrogens (tertiary/aromatic N) is 3. The topological polar surface area (TPSA) is 57.3 Å². The highest BCUT2D eigenvalue weighted by Crippen LogP contribution is 2.32. The molecule has 0 aromatic heterocycles. The third kappa shape index (κ3) is 5.35. The molecule has 136 valence electrons. The molecule has 0 radical (unpaired) electrons. The van der Waals surface area contributed by atoms with E-state index in [9.17, 15) is 5.11 Å². The Labute approximate surface area is 185 Å². The van der Waals surface area contributed by atoms with E-state index in [1.807, 2.05) is 68.4 Å². The molecule has 0 aliphatic heterocycles. The maximum atomic E-state index is 10.2. The van der Waals surface area contributed by atoms with E-state index in [1.165, 1.54) is 5.56 Å². The van der Waals surface area contributed by atoms with Crippen LogP contribution in [0.4, 0.5) is 17.1 Å². The number of hydrogen-bond donors (Lipinski definition) is 1. The van der Waals surface area contributed by atoms with E-state index in [0.717, 1.165) is 18.4 Å². The van der Waals surface area contributed by atoms with E-state index >= 15 is 0 Å². The van der Waals surface area contributed by atoms with Gasteiger partial charge in [-0.1, -0.05) is 23.8 Å². The summed E-state index contributed by atoms with van der Waals surface area (Å²) in [6.07, 6.45) is 1.66. The van der Waals surface area contributed by atoms with E-state index in [4.69, 9.17) is 0 Å². The van der Waals surface area contributed by atoms with E-state index in [-0.39, 0.29) is 5.75 Å². The zero-order chi connectivity index (χ0) is 19.4. The maximum absolute atomic E-state index is 10.2. The van der Waals surface area contributed by atoms with E-state index < -0.39 is 0 Å². The molecular weight excluding hydrogens is 564 g/mol. The van der Waals surface area contributed by atoms with Gasteiger partial charge in [0.15, 0.2) is 0 Å². The number of hydrogen-bond acceptors (Lipinski definition) is 4. The van der Waals surface area contributed by atoms with Crippen LogP contribution in [0, 0.1) is 21.0 Å². The van der Waals surface area contributed by atoms with Crippen LogP contribution in [0.3, 0.4) is 0 Å². The Morgan fingerprint density at radius 2 is 1.52 bits per heavy atom. The SMILES string of the molecule is Cc1ccc(N=Nc2cc(C)ccc2N=Cc2cc(I)cc(I)c2O)cc1. The van der Waals surface area contributed by atoms with Crippen LogP contribution >= 0.6 is 45.2 Å². The molecule has 4 nitrogen and oxygen atoms in total. The molecule has 0 spiro atoms. The summed E-state index contributed by atoms with van der Waals surface area (Å²) < 4.78 is 1.84. The fraction of sp³-hybridized carbons (Fsp3) is 0.0952. The first-order valence-corrected chi connectivity index (χ1v) is 10.4. The summed E-state index contributed by atoms with van der Waals surface area (Å²) >= 11 is 4.34. The Morgan fingerprint density at radius 3 is 2.26 bits per heavy atom. The third-order valence-electron chi connectivity index (χ3n) is 3.84. The summed E-state index contributed by atoms with van der Waals surface area (Å²) in [6.45, 7) is 4.04. The van der Waals surface area contributed by atoms with Crippen LogP contribution in [-0.4, -0.2) is 11.3 Å². The van der Waals surface area contributed by atoms with Crippen LogP contribution in [-0.2, 0) is 0 Å². The predicted octanol–water partition coefficient (Wildman–Crippen LogP) is 7.38. The lowest BCUT2D eigenvalue weighted by molar-refractivity contribution is 0.470. The second kappa shape index (κ2) is 8.92. The predicted molar refractivity (Wildman–Crippen MR) is 127 cm³/mol. The molecule has 3 aromatic rings. The third-order valence-corrected chi connectivity index (χ3v) is 5.28. The van der Waals surface area contributed by atoms with Gasteiger partial charge in [0.1, 0.15) is 11.4 Å². The Kier molecular flexibility index (Phi) is 6.59. The maximum Gasteiger partial charge on any atom is 0.137 e. The van der Waals surface area contributed by atoms with E-state index in [1.54, 1.807) is 6.21 Å². The Bertz CT molecular complexity index is 1030. The zero-order valence-electron chi connectivity index (χ0n) is 14.8. The van der Waals surface area contributed by atoms with Crippen LogP contribution in [0.15, 0.2) is 69.8 Å². The van der Waals surface area contributed by atoms with Crippen LogP contribution in [0.25, 0.3) is 0 Å². The van der Waals surface area contributed by atoms with Gasteiger partial charge in [-0.05, 0) is 101 Å². The average molecular weight is 581 g/mol. The van der Waals surface area contributed by atoms with Gasteiger partial charge in [0, 0.05) is 15.3 Å². The second-order valence-electron chi connectivity index (χ2n) is 6.11. The number of halogens is 2. The smallest absolute Gasteiger partial charge is 0.137 e. The molecule has 0 saturated heterocycles. The molecule has 0 atom stereocenters. The van der Waals surface area contributed by atoms with Gasteiger partial charge < -0.3 is 5.11 Å². The quantitative estimate of drug-likeness (QED) is 0.195. The number of phenols is 1. The standard InChI is InChI=1S/C21H17I2N3O/c1-13-3-6-17(7-4-13)25-26-20-9-14(2)5-8-19(20)24-12-15-10-16(22)11-18(23)21(15)27/h3-12,27H,1-2H3. The Morgan fingerprint density at radius 1 is 0.815 bits per heavy atom. The first-order chi connectivity index (χ1) is 12.9. The number of aliphatic imine (C=N–C) groups is 1. The lowest BCUT2D eigenvalue weighted by Gasteiger charge is -2.04. The average Bonchev–Trinajstić information content (AvgIpc) is 2.64. The molecule has 0 amide bonds. The van der Waals surface area contributed by atoms with Crippen molar-refractivity contribution in [2.75, 3.05) is 0 Å². The summed E-state index contributed by atoms with van der Waals surface area (Å²) in [6, 6.07) is 17.5. The Hall–Kier alpha value is -1.81. The molecule has 27 heavy (non-hydrogen) atoms. The number of aryl methyl sites for hydroxylation is 2. The fourth-order valence-electron chi connectivity index (χ4n) is 2.37. The van der Waals surface area contributed by atoms with Crippen LogP contribution < -0.4 is 0 Å². The zero-order valence-corrected chi connectivity index (χ0v) is 19.1. The molecule has 3 rings (SSSR count). The molecule has 0 aliphatic rings. The number of benzene rings is 3. The van der Waals surface area contributed by atoms with Gasteiger partial charge in [-0.3, -0.25) is 4.99 Å². The van der Waals surface area contributed by atoms with Crippen LogP contribution in [0.5, 0.6) is 5.75 Å². The lowest BCUT2D eigenvalue weighted by atomic mass is 10.2. The minimum Gasteiger partial charge on any atom is -0.506 e. The lowest BCUT2D eigenvalue weighted by Crippen LogP contribution is -1.87. The van der Waals surface area contributed by atoms with Gasteiger partial charge >= 0.3 is 0 Å². The van der Waals surface area contributed by atoms with Crippen molar-refractivity contribution < 1.29 is 5.11 Å². The summed E-state index contributed by atoms with van der Waals surface area (Å²) in [5, 5.41) is 18.9. The summed E-state index contributed by atoms with van der Waals surface area (Å²) in [5.74, 6) is 0.231. The van der Waals surface area contributed by atoms with Gasteiger partial charge in [0.2, 0.25) is 0 Å². The van der Waals surface area contributed by atoms with Crippen molar-refractivity contribution in [3.05, 3.63) is 78.4 Å². The van der Waals surface area contributed by atoms with E-state index in [0.29, 0.717) is 16.9 Å². The van der Waals surface area contributed by atoms with Crippen LogP contribution in [0.1, 0.15) is 16.7 Å². The highest BCUT2D eigenvalue weighted by Gasteiger charge is 2.06. The second-order valence-corrected chi connectivity index (χ2v) is 8.52. The fourth-order valence-corrected chi connectivity index (χ4v) is 4.26. The largest absolute Gasteiger partial charge is 0.506 e. The molecule has 1 N–H and O–H groups in total. The molecule has 0 unspecified atom stereocenters. The van der Waals surface area contributed by atoms with Crippen LogP contribution in [0.2, 0.25) is 0 Å². The first kappa shape index (κ1) is 19.9. The molecule has 3 aromatic carbocycles. The van der Waals surface area contributed by atoms with Crippen molar-refractivity contribution in [1.82, 2.24) is 0 Å². The summed E-state index contributed by atoms with van der Waals surface area (Å²) in [7, 11) is 0. The molecule has 0 saturated carbocycles. The Balaban J connectivity index is 1.94. The van der Waals surface area contributed by atoms with Crippen molar-refractivity contribution in [3.8, 4) is 5.75 Å². The summed E-state index contributed by atoms with van der Waals surface area (Å²) in [5.41, 5.74) is 5.12.